The van der Waals surface area contributed by atoms with Gasteiger partial charge in [-0.1, -0.05) is 47.6 Å². The second-order valence-electron chi connectivity index (χ2n) is 6.71. The summed E-state index contributed by atoms with van der Waals surface area (Å²) in [6.07, 6.45) is 0. The van der Waals surface area contributed by atoms with Gasteiger partial charge in [0.1, 0.15) is 5.82 Å². The van der Waals surface area contributed by atoms with Crippen LogP contribution in [0.1, 0.15) is 13.8 Å². The molecule has 0 atom stereocenters. The molecule has 0 aliphatic rings. The Morgan fingerprint density at radius 2 is 2.07 bits per heavy atom. The molecule has 1 heterocycles. The number of carbonyl (C=O) groups excluding carboxylic acids is 1. The number of rotatable bonds is 6. The number of amides is 1. The van der Waals surface area contributed by atoms with Gasteiger partial charge in [-0.2, -0.15) is 0 Å². The fraction of sp³-hybridized carbons (Fsp3) is 0.250. The van der Waals surface area contributed by atoms with Crippen LogP contribution < -0.4 is 10.9 Å². The number of hydrogen-bond acceptors (Lipinski definition) is 4. The van der Waals surface area contributed by atoms with Crippen molar-refractivity contribution in [1.82, 2.24) is 9.55 Å². The Bertz CT molecular complexity index is 1080. The molecule has 1 N–H and O–H groups in total. The lowest BCUT2D eigenvalue weighted by atomic mass is 10.2. The predicted octanol–water partition coefficient (Wildman–Crippen LogP) is 4.68. The Hall–Kier alpha value is -2.19. The lowest BCUT2D eigenvalue weighted by Crippen LogP contribution is -2.26. The number of anilines is 1. The normalized spacial score (nSPS) is 11.2. The average Bonchev–Trinajstić information content (AvgIpc) is 2.63. The third-order valence-corrected chi connectivity index (χ3v) is 5.34. The Labute approximate surface area is 174 Å². The van der Waals surface area contributed by atoms with Gasteiger partial charge in [0.05, 0.1) is 16.7 Å². The maximum Gasteiger partial charge on any atom is 0.262 e. The van der Waals surface area contributed by atoms with Crippen LogP contribution in [0.25, 0.3) is 10.9 Å². The lowest BCUT2D eigenvalue weighted by molar-refractivity contribution is -0.113. The average molecular weight is 464 g/mol. The van der Waals surface area contributed by atoms with Crippen molar-refractivity contribution in [3.05, 3.63) is 63.1 Å². The fourth-order valence-electron chi connectivity index (χ4n) is 2.70. The minimum Gasteiger partial charge on any atom is -0.325 e. The Morgan fingerprint density at radius 3 is 2.79 bits per heavy atom. The predicted molar refractivity (Wildman–Crippen MR) is 114 cm³/mol. The minimum absolute atomic E-state index is 0.0586. The molecule has 3 aromatic rings. The van der Waals surface area contributed by atoms with E-state index >= 15 is 0 Å². The fourth-order valence-corrected chi connectivity index (χ4v) is 3.87. The van der Waals surface area contributed by atoms with E-state index in [0.717, 1.165) is 4.47 Å². The summed E-state index contributed by atoms with van der Waals surface area (Å²) in [7, 11) is 0. The van der Waals surface area contributed by atoms with Crippen LogP contribution in [0, 0.1) is 11.7 Å². The molecule has 0 unspecified atom stereocenters. The molecular formula is C20H19BrFN3O2S. The van der Waals surface area contributed by atoms with Crippen LogP contribution in [-0.4, -0.2) is 21.2 Å². The summed E-state index contributed by atoms with van der Waals surface area (Å²) >= 11 is 4.57. The molecule has 5 nitrogen and oxygen atoms in total. The third-order valence-electron chi connectivity index (χ3n) is 3.87. The van der Waals surface area contributed by atoms with Gasteiger partial charge >= 0.3 is 0 Å². The van der Waals surface area contributed by atoms with Crippen LogP contribution in [-0.2, 0) is 11.3 Å². The van der Waals surface area contributed by atoms with E-state index in [1.54, 1.807) is 22.8 Å². The highest BCUT2D eigenvalue weighted by Gasteiger charge is 2.15. The molecule has 0 radical (unpaired) electrons. The van der Waals surface area contributed by atoms with Gasteiger partial charge < -0.3 is 5.32 Å². The first-order valence-corrected chi connectivity index (χ1v) is 10.5. The topological polar surface area (TPSA) is 64.0 Å². The summed E-state index contributed by atoms with van der Waals surface area (Å²) < 4.78 is 15.7. The van der Waals surface area contributed by atoms with E-state index < -0.39 is 5.82 Å². The molecule has 3 rings (SSSR count). The van der Waals surface area contributed by atoms with E-state index in [1.165, 1.54) is 30.0 Å². The molecule has 146 valence electrons. The summed E-state index contributed by atoms with van der Waals surface area (Å²) in [6, 6.07) is 11.1. The quantitative estimate of drug-likeness (QED) is 0.425. The molecule has 0 aliphatic heterocycles. The molecule has 0 aliphatic carbocycles. The van der Waals surface area contributed by atoms with Crippen molar-refractivity contribution in [3.63, 3.8) is 0 Å². The number of nitrogens with zero attached hydrogens (tertiary/aromatic N) is 2. The summed E-state index contributed by atoms with van der Waals surface area (Å²) in [5, 5.41) is 3.67. The van der Waals surface area contributed by atoms with Gasteiger partial charge in [-0.15, -0.1) is 0 Å². The smallest absolute Gasteiger partial charge is 0.262 e. The molecule has 1 aromatic heterocycles. The number of nitrogens with one attached hydrogen (secondary N) is 1. The standard InChI is InChI=1S/C20H19BrFN3O2S/c1-12(2)10-25-19(27)16-8-13(21)6-7-17(16)24-20(25)28-11-18(26)23-15-5-3-4-14(22)9-15/h3-9,12H,10-11H2,1-2H3,(H,23,26). The molecule has 0 fully saturated rings. The number of carbonyl (C=O) groups is 1. The van der Waals surface area contributed by atoms with E-state index in [1.807, 2.05) is 19.9 Å². The minimum atomic E-state index is -0.418. The molecule has 0 bridgehead atoms. The molecule has 2 aromatic carbocycles. The Morgan fingerprint density at radius 1 is 1.29 bits per heavy atom. The van der Waals surface area contributed by atoms with Gasteiger partial charge in [-0.3, -0.25) is 14.2 Å². The monoisotopic (exact) mass is 463 g/mol. The number of thioether (sulfide) groups is 1. The molecule has 0 saturated carbocycles. The molecule has 1 amide bonds. The number of benzene rings is 2. The largest absolute Gasteiger partial charge is 0.325 e. The van der Waals surface area contributed by atoms with E-state index in [4.69, 9.17) is 0 Å². The number of aromatic nitrogens is 2. The zero-order valence-corrected chi connectivity index (χ0v) is 17.8. The highest BCUT2D eigenvalue weighted by molar-refractivity contribution is 9.10. The summed E-state index contributed by atoms with van der Waals surface area (Å²) in [5.41, 5.74) is 0.843. The molecule has 0 saturated heterocycles. The first-order valence-electron chi connectivity index (χ1n) is 8.72. The Kier molecular flexibility index (Phi) is 6.51. The van der Waals surface area contributed by atoms with Crippen molar-refractivity contribution < 1.29 is 9.18 Å². The highest BCUT2D eigenvalue weighted by Crippen LogP contribution is 2.22. The van der Waals surface area contributed by atoms with Gasteiger partial charge in [0.15, 0.2) is 5.16 Å². The van der Waals surface area contributed by atoms with E-state index in [2.05, 4.69) is 26.2 Å². The summed E-state index contributed by atoms with van der Waals surface area (Å²) in [6.45, 7) is 4.54. The van der Waals surface area contributed by atoms with Gasteiger partial charge in [-0.05, 0) is 42.3 Å². The first kappa shape index (κ1) is 20.5. The maximum atomic E-state index is 13.3. The van der Waals surface area contributed by atoms with Crippen molar-refractivity contribution in [2.24, 2.45) is 5.92 Å². The third kappa shape index (κ3) is 4.99. The van der Waals surface area contributed by atoms with Gasteiger partial charge in [-0.25, -0.2) is 9.37 Å². The van der Waals surface area contributed by atoms with Crippen molar-refractivity contribution in [2.75, 3.05) is 11.1 Å². The second kappa shape index (κ2) is 8.87. The molecular weight excluding hydrogens is 445 g/mol. The van der Waals surface area contributed by atoms with Crippen LogP contribution in [0.15, 0.2) is 56.9 Å². The second-order valence-corrected chi connectivity index (χ2v) is 8.57. The number of halogens is 2. The van der Waals surface area contributed by atoms with Gasteiger partial charge in [0, 0.05) is 16.7 Å². The first-order chi connectivity index (χ1) is 13.3. The Balaban J connectivity index is 1.85. The van der Waals surface area contributed by atoms with Crippen molar-refractivity contribution in [1.29, 1.82) is 0 Å². The van der Waals surface area contributed by atoms with Crippen LogP contribution in [0.4, 0.5) is 10.1 Å². The molecule has 0 spiro atoms. The van der Waals surface area contributed by atoms with E-state index in [-0.39, 0.29) is 23.1 Å². The highest BCUT2D eigenvalue weighted by atomic mass is 79.9. The van der Waals surface area contributed by atoms with Crippen molar-refractivity contribution in [3.8, 4) is 0 Å². The number of fused-ring (bicyclic) bond motifs is 1. The lowest BCUT2D eigenvalue weighted by Gasteiger charge is -2.15. The van der Waals surface area contributed by atoms with Crippen LogP contribution in [0.5, 0.6) is 0 Å². The number of hydrogen-bond donors (Lipinski definition) is 1. The summed E-state index contributed by atoms with van der Waals surface area (Å²) in [5.74, 6) is -0.414. The zero-order chi connectivity index (χ0) is 20.3. The van der Waals surface area contributed by atoms with Gasteiger partial charge in [0.25, 0.3) is 5.56 Å². The van der Waals surface area contributed by atoms with E-state index in [9.17, 15) is 14.0 Å². The molecule has 28 heavy (non-hydrogen) atoms. The van der Waals surface area contributed by atoms with Crippen LogP contribution in [0.2, 0.25) is 0 Å². The van der Waals surface area contributed by atoms with E-state index in [0.29, 0.717) is 28.3 Å². The van der Waals surface area contributed by atoms with Gasteiger partial charge in [0.2, 0.25) is 5.91 Å². The van der Waals surface area contributed by atoms with Crippen LogP contribution in [0.3, 0.4) is 0 Å². The van der Waals surface area contributed by atoms with Crippen molar-refractivity contribution in [2.45, 2.75) is 25.5 Å². The van der Waals surface area contributed by atoms with Crippen molar-refractivity contribution >= 4 is 50.2 Å². The summed E-state index contributed by atoms with van der Waals surface area (Å²) in [4.78, 5) is 29.8. The molecule has 8 heteroatoms. The zero-order valence-electron chi connectivity index (χ0n) is 15.4. The van der Waals surface area contributed by atoms with Crippen LogP contribution >= 0.6 is 27.7 Å². The maximum absolute atomic E-state index is 13.3. The SMILES string of the molecule is CC(C)Cn1c(SCC(=O)Nc2cccc(F)c2)nc2ccc(Br)cc2c1=O.